The number of fused-ring (bicyclic) bond motifs is 1. The van der Waals surface area contributed by atoms with Crippen LogP contribution in [0.3, 0.4) is 0 Å². The van der Waals surface area contributed by atoms with E-state index in [0.717, 1.165) is 23.1 Å². The molecule has 3 aromatic rings. The van der Waals surface area contributed by atoms with E-state index in [1.165, 1.54) is 48.2 Å². The summed E-state index contributed by atoms with van der Waals surface area (Å²) < 4.78 is 23.8. The second-order valence-corrected chi connectivity index (χ2v) is 8.02. The van der Waals surface area contributed by atoms with Gasteiger partial charge in [0.25, 0.3) is 5.91 Å². The van der Waals surface area contributed by atoms with Crippen LogP contribution in [0.15, 0.2) is 51.7 Å². The smallest absolute Gasteiger partial charge is 0.437 e. The molecule has 2 aromatic carbocycles. The number of carbonyl (C=O) groups excluding carboxylic acids is 2. The minimum atomic E-state index is -0.864. The van der Waals surface area contributed by atoms with Crippen LogP contribution in [-0.4, -0.2) is 28.3 Å². The Kier molecular flexibility index (Phi) is 6.67. The molecule has 0 radical (unpaired) electrons. The van der Waals surface area contributed by atoms with Crippen molar-refractivity contribution in [2.24, 2.45) is 0 Å². The van der Waals surface area contributed by atoms with Gasteiger partial charge in [0.05, 0.1) is 6.04 Å². The summed E-state index contributed by atoms with van der Waals surface area (Å²) in [5.41, 5.74) is 4.07. The lowest BCUT2D eigenvalue weighted by atomic mass is 9.89. The lowest BCUT2D eigenvalue weighted by Crippen LogP contribution is -2.32. The highest BCUT2D eigenvalue weighted by Gasteiger charge is 2.17. The van der Waals surface area contributed by atoms with Gasteiger partial charge in [-0.15, -0.1) is 5.10 Å². The number of amides is 1. The van der Waals surface area contributed by atoms with Gasteiger partial charge in [0.15, 0.2) is 6.61 Å². The van der Waals surface area contributed by atoms with Gasteiger partial charge in [-0.1, -0.05) is 18.2 Å². The molecule has 1 heterocycles. The highest BCUT2D eigenvalue weighted by molar-refractivity contribution is 5.80. The van der Waals surface area contributed by atoms with Gasteiger partial charge >= 0.3 is 11.7 Å². The number of ether oxygens (including phenoxy) is 1. The predicted octanol–water partition coefficient (Wildman–Crippen LogP) is 2.94. The summed E-state index contributed by atoms with van der Waals surface area (Å²) in [5.74, 6) is -2.62. The first kappa shape index (κ1) is 22.4. The molecule has 1 aliphatic carbocycles. The van der Waals surface area contributed by atoms with Gasteiger partial charge in [-0.3, -0.25) is 9.59 Å². The lowest BCUT2D eigenvalue weighted by molar-refractivity contribution is -0.149. The molecule has 0 saturated heterocycles. The molecule has 1 aliphatic rings. The number of nitrogens with zero attached hydrogens (tertiary/aromatic N) is 2. The average molecular weight is 453 g/mol. The zero-order valence-corrected chi connectivity index (χ0v) is 18.2. The number of esters is 1. The van der Waals surface area contributed by atoms with E-state index >= 15 is 0 Å². The first-order valence-electron chi connectivity index (χ1n) is 10.8. The van der Waals surface area contributed by atoms with Crippen LogP contribution in [0, 0.1) is 5.82 Å². The molecule has 33 heavy (non-hydrogen) atoms. The molecule has 1 aromatic heterocycles. The molecule has 4 rings (SSSR count). The van der Waals surface area contributed by atoms with Crippen molar-refractivity contribution < 1.29 is 23.1 Å². The van der Waals surface area contributed by atoms with Crippen molar-refractivity contribution in [3.8, 4) is 11.5 Å². The standard InChI is InChI=1S/C24H24FN3O5/c1-15(18-7-6-16-4-2-3-5-19(16)12-18)26-21(29)14-32-22(30)13-28-24(31)33-23(27-28)17-8-10-20(25)11-9-17/h6-12,15H,2-5,13-14H2,1H3,(H,26,29). The van der Waals surface area contributed by atoms with E-state index in [-0.39, 0.29) is 11.9 Å². The lowest BCUT2D eigenvalue weighted by Gasteiger charge is -2.20. The number of aromatic nitrogens is 2. The summed E-state index contributed by atoms with van der Waals surface area (Å²) in [4.78, 5) is 36.2. The Morgan fingerprint density at radius 3 is 2.64 bits per heavy atom. The molecule has 1 amide bonds. The molecule has 0 spiro atoms. The summed E-state index contributed by atoms with van der Waals surface area (Å²) in [6.45, 7) is 0.874. The maximum absolute atomic E-state index is 13.0. The second kappa shape index (κ2) is 9.81. The molecule has 9 heteroatoms. The Hall–Kier alpha value is -3.75. The van der Waals surface area contributed by atoms with Gasteiger partial charge in [-0.05, 0) is 73.6 Å². The van der Waals surface area contributed by atoms with Crippen molar-refractivity contribution in [2.45, 2.75) is 45.2 Å². The third-order valence-corrected chi connectivity index (χ3v) is 5.59. The predicted molar refractivity (Wildman–Crippen MR) is 117 cm³/mol. The molecule has 0 fully saturated rings. The van der Waals surface area contributed by atoms with Gasteiger partial charge in [0.1, 0.15) is 12.4 Å². The Bertz CT molecular complexity index is 1220. The fourth-order valence-electron chi connectivity index (χ4n) is 3.82. The van der Waals surface area contributed by atoms with Gasteiger partial charge in [0, 0.05) is 5.56 Å². The van der Waals surface area contributed by atoms with E-state index in [9.17, 15) is 18.8 Å². The third-order valence-electron chi connectivity index (χ3n) is 5.59. The maximum Gasteiger partial charge on any atom is 0.437 e. The fraction of sp³-hybridized carbons (Fsp3) is 0.333. The molecule has 1 atom stereocenters. The summed E-state index contributed by atoms with van der Waals surface area (Å²) >= 11 is 0. The van der Waals surface area contributed by atoms with E-state index in [4.69, 9.17) is 9.15 Å². The van der Waals surface area contributed by atoms with Gasteiger partial charge in [-0.2, -0.15) is 4.68 Å². The molecule has 8 nitrogen and oxygen atoms in total. The summed E-state index contributed by atoms with van der Waals surface area (Å²) in [6, 6.07) is 11.2. The van der Waals surface area contributed by atoms with Crippen LogP contribution in [0.1, 0.15) is 42.5 Å². The normalized spacial score (nSPS) is 13.8. The highest BCUT2D eigenvalue weighted by Crippen LogP contribution is 2.24. The Balaban J connectivity index is 1.29. The largest absolute Gasteiger partial charge is 0.454 e. The maximum atomic E-state index is 13.0. The summed E-state index contributed by atoms with van der Waals surface area (Å²) in [6.07, 6.45) is 4.52. The van der Waals surface area contributed by atoms with Crippen molar-refractivity contribution in [2.75, 3.05) is 6.61 Å². The number of hydrogen-bond acceptors (Lipinski definition) is 6. The number of nitrogens with one attached hydrogen (secondary N) is 1. The minimum Gasteiger partial charge on any atom is -0.454 e. The van der Waals surface area contributed by atoms with Crippen LogP contribution in [0.4, 0.5) is 4.39 Å². The van der Waals surface area contributed by atoms with Gasteiger partial charge in [0.2, 0.25) is 5.89 Å². The Morgan fingerprint density at radius 1 is 1.15 bits per heavy atom. The fourth-order valence-corrected chi connectivity index (χ4v) is 3.82. The van der Waals surface area contributed by atoms with Gasteiger partial charge < -0.3 is 14.5 Å². The van der Waals surface area contributed by atoms with Crippen LogP contribution < -0.4 is 11.1 Å². The molecule has 172 valence electrons. The van der Waals surface area contributed by atoms with Crippen LogP contribution >= 0.6 is 0 Å². The first-order chi connectivity index (χ1) is 15.9. The van der Waals surface area contributed by atoms with Crippen molar-refractivity contribution in [1.82, 2.24) is 15.1 Å². The Labute approximate surface area is 189 Å². The SMILES string of the molecule is CC(NC(=O)COC(=O)Cn1nc(-c2ccc(F)cc2)oc1=O)c1ccc2c(c1)CCCC2. The molecule has 0 saturated carbocycles. The van der Waals surface area contributed by atoms with Crippen molar-refractivity contribution in [1.29, 1.82) is 0 Å². The molecule has 0 bridgehead atoms. The first-order valence-corrected chi connectivity index (χ1v) is 10.8. The average Bonchev–Trinajstić information content (AvgIpc) is 3.17. The zero-order chi connectivity index (χ0) is 23.4. The van der Waals surface area contributed by atoms with Crippen molar-refractivity contribution in [3.05, 3.63) is 75.5 Å². The minimum absolute atomic E-state index is 0.0515. The molecule has 0 aliphatic heterocycles. The molecular formula is C24H24FN3O5. The topological polar surface area (TPSA) is 103 Å². The number of hydrogen-bond donors (Lipinski definition) is 1. The van der Waals surface area contributed by atoms with E-state index in [2.05, 4.69) is 22.5 Å². The monoisotopic (exact) mass is 453 g/mol. The van der Waals surface area contributed by atoms with E-state index < -0.39 is 36.6 Å². The van der Waals surface area contributed by atoms with Gasteiger partial charge in [-0.25, -0.2) is 9.18 Å². The van der Waals surface area contributed by atoms with Crippen LogP contribution in [0.5, 0.6) is 0 Å². The number of aryl methyl sites for hydroxylation is 2. The summed E-state index contributed by atoms with van der Waals surface area (Å²) in [5, 5.41) is 6.73. The molecule has 1 N–H and O–H groups in total. The zero-order valence-electron chi connectivity index (χ0n) is 18.2. The Morgan fingerprint density at radius 2 is 1.88 bits per heavy atom. The summed E-state index contributed by atoms with van der Waals surface area (Å²) in [7, 11) is 0. The van der Waals surface area contributed by atoms with E-state index in [0.29, 0.717) is 5.56 Å². The highest BCUT2D eigenvalue weighted by atomic mass is 19.1. The number of rotatable bonds is 7. The van der Waals surface area contributed by atoms with Crippen molar-refractivity contribution in [3.63, 3.8) is 0 Å². The van der Waals surface area contributed by atoms with E-state index in [1.807, 2.05) is 13.0 Å². The number of halogens is 1. The molecular weight excluding hydrogens is 429 g/mol. The number of benzene rings is 2. The quantitative estimate of drug-likeness (QED) is 0.552. The third kappa shape index (κ3) is 5.54. The van der Waals surface area contributed by atoms with E-state index in [1.54, 1.807) is 0 Å². The number of carbonyl (C=O) groups is 2. The molecule has 1 unspecified atom stereocenters. The van der Waals surface area contributed by atoms with Crippen molar-refractivity contribution >= 4 is 11.9 Å². The van der Waals surface area contributed by atoms with Crippen LogP contribution in [-0.2, 0) is 33.7 Å². The van der Waals surface area contributed by atoms with Crippen LogP contribution in [0.2, 0.25) is 0 Å². The second-order valence-electron chi connectivity index (χ2n) is 8.02. The van der Waals surface area contributed by atoms with Crippen LogP contribution in [0.25, 0.3) is 11.5 Å².